The van der Waals surface area contributed by atoms with Gasteiger partial charge in [-0.1, -0.05) is 0 Å². The number of nitrogens with one attached hydrogen (secondary N) is 1. The van der Waals surface area contributed by atoms with Crippen LogP contribution in [0.1, 0.15) is 5.56 Å². The van der Waals surface area contributed by atoms with Crippen LogP contribution in [0.2, 0.25) is 0 Å². The van der Waals surface area contributed by atoms with Gasteiger partial charge in [0.05, 0.1) is 0 Å². The summed E-state index contributed by atoms with van der Waals surface area (Å²) in [5.74, 6) is 5.25. The molecular weight excluding hydrogens is 156 g/mol. The Bertz CT molecular complexity index is 257. The lowest BCUT2D eigenvalue weighted by Crippen LogP contribution is -2.03. The summed E-state index contributed by atoms with van der Waals surface area (Å²) in [5.41, 5.74) is 1.82. The minimum absolute atomic E-state index is 0.0347. The fraction of sp³-hybridized carbons (Fsp3) is 0.250. The second-order valence-corrected chi connectivity index (χ2v) is 2.50. The highest BCUT2D eigenvalue weighted by Gasteiger charge is 2.05. The minimum atomic E-state index is 0.0347. The Hall–Kier alpha value is -1.42. The monoisotopic (exact) mass is 168 g/mol. The number of rotatable bonds is 2. The molecule has 0 saturated carbocycles. The van der Waals surface area contributed by atoms with Crippen LogP contribution in [-0.2, 0) is 0 Å². The Morgan fingerprint density at radius 3 is 2.67 bits per heavy atom. The summed E-state index contributed by atoms with van der Waals surface area (Å²) in [6, 6.07) is 3.23. The predicted octanol–water partition coefficient (Wildman–Crippen LogP) is 0.995. The van der Waals surface area contributed by atoms with Gasteiger partial charge in [0, 0.05) is 18.8 Å². The van der Waals surface area contributed by atoms with Gasteiger partial charge in [0.25, 0.3) is 0 Å². The molecule has 12 heavy (non-hydrogen) atoms. The summed E-state index contributed by atoms with van der Waals surface area (Å²) in [7, 11) is 1.78. The first-order chi connectivity index (χ1) is 5.69. The maximum Gasteiger partial charge on any atom is 0.188 e. The normalized spacial score (nSPS) is 9.58. The highest BCUT2D eigenvalue weighted by atomic mass is 16.6. The van der Waals surface area contributed by atoms with E-state index in [1.54, 1.807) is 19.2 Å². The number of phenols is 1. The summed E-state index contributed by atoms with van der Waals surface area (Å²) < 4.78 is 0. The molecule has 66 valence electrons. The number of nitrogens with two attached hydrogens (primary N) is 1. The molecule has 4 heteroatoms. The molecule has 4 N–H and O–H groups in total. The first-order valence-corrected chi connectivity index (χ1v) is 3.57. The molecule has 0 bridgehead atoms. The lowest BCUT2D eigenvalue weighted by molar-refractivity contribution is 0.312. The van der Waals surface area contributed by atoms with E-state index < -0.39 is 0 Å². The van der Waals surface area contributed by atoms with Crippen LogP contribution in [-0.4, -0.2) is 12.2 Å². The van der Waals surface area contributed by atoms with E-state index in [1.165, 1.54) is 0 Å². The molecule has 1 aromatic carbocycles. The van der Waals surface area contributed by atoms with Crippen LogP contribution in [0, 0.1) is 6.92 Å². The Morgan fingerprint density at radius 1 is 1.50 bits per heavy atom. The topological polar surface area (TPSA) is 67.5 Å². The minimum Gasteiger partial charge on any atom is -0.504 e. The van der Waals surface area contributed by atoms with Gasteiger partial charge in [0.2, 0.25) is 0 Å². The van der Waals surface area contributed by atoms with Gasteiger partial charge in [-0.15, -0.1) is 0 Å². The van der Waals surface area contributed by atoms with Gasteiger partial charge in [-0.2, -0.15) is 5.90 Å². The van der Waals surface area contributed by atoms with Crippen molar-refractivity contribution < 1.29 is 9.94 Å². The van der Waals surface area contributed by atoms with Crippen LogP contribution in [0.3, 0.4) is 0 Å². The first kappa shape index (κ1) is 8.67. The summed E-state index contributed by atoms with van der Waals surface area (Å²) in [5, 5.41) is 12.2. The number of benzene rings is 1. The van der Waals surface area contributed by atoms with Crippen LogP contribution in [0.5, 0.6) is 11.5 Å². The van der Waals surface area contributed by atoms with Crippen LogP contribution in [0.4, 0.5) is 5.69 Å². The summed E-state index contributed by atoms with van der Waals surface area (Å²) in [6.45, 7) is 1.90. The molecule has 0 aliphatic carbocycles. The Labute approximate surface area is 70.9 Å². The Balaban J connectivity index is 3.16. The molecule has 0 heterocycles. The number of phenolic OH excluding ortho intramolecular Hbond substituents is 1. The number of aromatic hydroxyl groups is 1. The molecule has 1 aromatic rings. The van der Waals surface area contributed by atoms with Gasteiger partial charge >= 0.3 is 0 Å². The van der Waals surface area contributed by atoms with Crippen LogP contribution >= 0.6 is 0 Å². The second-order valence-electron chi connectivity index (χ2n) is 2.50. The van der Waals surface area contributed by atoms with Gasteiger partial charge in [-0.25, -0.2) is 0 Å². The fourth-order valence-corrected chi connectivity index (χ4v) is 1.03. The summed E-state index contributed by atoms with van der Waals surface area (Å²) in [6.07, 6.45) is 0. The van der Waals surface area contributed by atoms with Crippen LogP contribution < -0.4 is 16.1 Å². The highest BCUT2D eigenvalue weighted by molar-refractivity contribution is 5.59. The average Bonchev–Trinajstić information content (AvgIpc) is 2.08. The molecule has 0 aromatic heterocycles. The average molecular weight is 168 g/mol. The molecule has 0 spiro atoms. The van der Waals surface area contributed by atoms with Gasteiger partial charge in [-0.05, 0) is 18.6 Å². The van der Waals surface area contributed by atoms with Crippen molar-refractivity contribution >= 4 is 5.69 Å². The molecular formula is C8H12N2O2. The molecule has 0 saturated heterocycles. The van der Waals surface area contributed by atoms with Crippen LogP contribution in [0.25, 0.3) is 0 Å². The second kappa shape index (κ2) is 3.32. The molecule has 0 aliphatic heterocycles. The van der Waals surface area contributed by atoms with Crippen molar-refractivity contribution in [2.24, 2.45) is 5.90 Å². The van der Waals surface area contributed by atoms with E-state index in [1.807, 2.05) is 6.92 Å². The number of anilines is 1. The van der Waals surface area contributed by atoms with Crippen molar-refractivity contribution in [3.05, 3.63) is 17.7 Å². The van der Waals surface area contributed by atoms with Crippen molar-refractivity contribution in [1.29, 1.82) is 0 Å². The summed E-state index contributed by atoms with van der Waals surface area (Å²) in [4.78, 5) is 4.45. The lowest BCUT2D eigenvalue weighted by Gasteiger charge is -2.08. The van der Waals surface area contributed by atoms with Gasteiger partial charge in [0.1, 0.15) is 0 Å². The molecule has 0 amide bonds. The van der Waals surface area contributed by atoms with E-state index in [-0.39, 0.29) is 11.5 Å². The number of hydrogen-bond acceptors (Lipinski definition) is 4. The zero-order valence-electron chi connectivity index (χ0n) is 7.09. The third-order valence-corrected chi connectivity index (χ3v) is 1.70. The number of hydrogen-bond donors (Lipinski definition) is 3. The van der Waals surface area contributed by atoms with E-state index in [2.05, 4.69) is 10.2 Å². The van der Waals surface area contributed by atoms with E-state index in [0.717, 1.165) is 11.3 Å². The molecule has 0 unspecified atom stereocenters. The molecule has 0 radical (unpaired) electrons. The maximum absolute atomic E-state index is 9.30. The quantitative estimate of drug-likeness (QED) is 0.576. The lowest BCUT2D eigenvalue weighted by atomic mass is 10.2. The molecule has 0 aliphatic rings. The molecule has 1 rings (SSSR count). The first-order valence-electron chi connectivity index (χ1n) is 3.57. The smallest absolute Gasteiger partial charge is 0.188 e. The predicted molar refractivity (Wildman–Crippen MR) is 47.2 cm³/mol. The fourth-order valence-electron chi connectivity index (χ4n) is 1.03. The van der Waals surface area contributed by atoms with Crippen LogP contribution in [0.15, 0.2) is 12.1 Å². The Morgan fingerprint density at radius 2 is 2.17 bits per heavy atom. The van der Waals surface area contributed by atoms with Crippen molar-refractivity contribution in [1.82, 2.24) is 0 Å². The zero-order valence-corrected chi connectivity index (χ0v) is 7.09. The van der Waals surface area contributed by atoms with E-state index in [4.69, 9.17) is 5.90 Å². The highest BCUT2D eigenvalue weighted by Crippen LogP contribution is 2.30. The van der Waals surface area contributed by atoms with E-state index in [9.17, 15) is 5.11 Å². The third kappa shape index (κ3) is 1.43. The SMILES string of the molecule is CNc1cc(O)c(ON)cc1C. The zero-order chi connectivity index (χ0) is 9.14. The largest absolute Gasteiger partial charge is 0.504 e. The molecule has 4 nitrogen and oxygen atoms in total. The molecule has 0 fully saturated rings. The van der Waals surface area contributed by atoms with Gasteiger partial charge < -0.3 is 15.3 Å². The maximum atomic E-state index is 9.30. The van der Waals surface area contributed by atoms with E-state index in [0.29, 0.717) is 0 Å². The molecule has 0 atom stereocenters. The standard InChI is InChI=1S/C8H12N2O2/c1-5-3-8(12-9)7(11)4-6(5)10-2/h3-4,10-11H,9H2,1-2H3. The van der Waals surface area contributed by atoms with Gasteiger partial charge in [-0.3, -0.25) is 0 Å². The third-order valence-electron chi connectivity index (χ3n) is 1.70. The van der Waals surface area contributed by atoms with Crippen molar-refractivity contribution in [2.75, 3.05) is 12.4 Å². The van der Waals surface area contributed by atoms with Crippen molar-refractivity contribution in [2.45, 2.75) is 6.92 Å². The van der Waals surface area contributed by atoms with Gasteiger partial charge in [0.15, 0.2) is 11.5 Å². The Kier molecular flexibility index (Phi) is 2.40. The summed E-state index contributed by atoms with van der Waals surface area (Å²) >= 11 is 0. The number of aryl methyl sites for hydroxylation is 1. The van der Waals surface area contributed by atoms with Crippen molar-refractivity contribution in [3.8, 4) is 11.5 Å². The van der Waals surface area contributed by atoms with Crippen molar-refractivity contribution in [3.63, 3.8) is 0 Å². The van der Waals surface area contributed by atoms with E-state index >= 15 is 0 Å².